The van der Waals surface area contributed by atoms with Crippen LogP contribution in [-0.2, 0) is 104 Å². The average molecular weight is 1560 g/mol. The topological polar surface area (TPSA) is 614 Å². The van der Waals surface area contributed by atoms with Crippen LogP contribution in [0.4, 0.5) is 0 Å². The minimum absolute atomic E-state index is 0.0404. The van der Waals surface area contributed by atoms with Crippen LogP contribution >= 0.6 is 0 Å². The zero-order valence-corrected chi connectivity index (χ0v) is 61.4. The molecule has 23 N–H and O–H groups in total. The Bertz CT molecular complexity index is 4060. The van der Waals surface area contributed by atoms with Crippen molar-refractivity contribution in [1.29, 1.82) is 0 Å². The number of benzene rings is 4. The molecule has 112 heavy (non-hydrogen) atoms. The molecule has 1 fully saturated rings. The van der Waals surface area contributed by atoms with E-state index >= 15 is 0 Å². The van der Waals surface area contributed by atoms with Gasteiger partial charge in [0.25, 0.3) is 0 Å². The number of phenolic OH excluding ortho intramolecular Hbond substituents is 3. The Morgan fingerprint density at radius 2 is 0.955 bits per heavy atom. The van der Waals surface area contributed by atoms with Crippen LogP contribution in [0.2, 0.25) is 0 Å². The molecule has 12 atom stereocenters. The van der Waals surface area contributed by atoms with Crippen LogP contribution in [0.15, 0.2) is 116 Å². The quantitative estimate of drug-likeness (QED) is 0.0166. The summed E-state index contributed by atoms with van der Waals surface area (Å²) in [7, 11) is 0. The van der Waals surface area contributed by atoms with E-state index in [1.54, 1.807) is 44.2 Å². The van der Waals surface area contributed by atoms with Crippen LogP contribution in [0.25, 0.3) is 0 Å². The average Bonchev–Trinajstić information content (AvgIpc) is 1.53. The van der Waals surface area contributed by atoms with Crippen molar-refractivity contribution in [2.75, 3.05) is 32.8 Å². The zero-order valence-electron chi connectivity index (χ0n) is 61.4. The summed E-state index contributed by atoms with van der Waals surface area (Å²) in [5.74, 6) is -17.8. The van der Waals surface area contributed by atoms with Crippen molar-refractivity contribution in [3.63, 3.8) is 0 Å². The number of rotatable bonds is 45. The summed E-state index contributed by atoms with van der Waals surface area (Å²) in [5, 5.41) is 95.8. The van der Waals surface area contributed by atoms with E-state index in [-0.39, 0.29) is 100 Å². The summed E-state index contributed by atoms with van der Waals surface area (Å²) in [6.07, 6.45) is 0.588. The first-order chi connectivity index (χ1) is 53.3. The Kier molecular flexibility index (Phi) is 34.8. The van der Waals surface area contributed by atoms with Gasteiger partial charge in [0.2, 0.25) is 70.9 Å². The number of carboxylic acids is 3. The summed E-state index contributed by atoms with van der Waals surface area (Å²) in [4.78, 5) is 212. The SMILES string of the molecule is CC[C@H](C)[C@H](NC(=O)[C@H](Cc1c[nH]cn1)NC(=O)[C@@H]1CCCN1C(=O)[C@H](CCCCN)NC(=O)[C@H](Cc1ccc(O)cc1)NC(=O)[C@H](CO)NC(=O)CNC(=O)[C@H](CC(=O)O)NC(=O)[C@H](CC(=O)O)NC(=O)[C@@H](N)Cc1ccc(O)cc1)C(=O)N[C@@H](Cc1ccc(O)cc1)C(=O)NCC(=O)N[C@@H](Cc1ccccc1)C(=O)O. The highest BCUT2D eigenvalue weighted by atomic mass is 16.4. The maximum absolute atomic E-state index is 15.0. The van der Waals surface area contributed by atoms with Gasteiger partial charge in [0.05, 0.1) is 50.6 Å². The molecular weight excluding hydrogens is 1460 g/mol. The Morgan fingerprint density at radius 3 is 1.47 bits per heavy atom. The predicted octanol–water partition coefficient (Wildman–Crippen LogP) is -3.84. The number of aliphatic hydroxyl groups excluding tert-OH is 1. The maximum Gasteiger partial charge on any atom is 0.326 e. The van der Waals surface area contributed by atoms with Gasteiger partial charge in [0, 0.05) is 38.4 Å². The Morgan fingerprint density at radius 1 is 0.509 bits per heavy atom. The first-order valence-electron chi connectivity index (χ1n) is 36.0. The van der Waals surface area contributed by atoms with Gasteiger partial charge in [-0.05, 0) is 110 Å². The highest BCUT2D eigenvalue weighted by molar-refractivity contribution is 6.00. The molecule has 0 radical (unpaired) electrons. The van der Waals surface area contributed by atoms with Gasteiger partial charge in [-0.3, -0.25) is 67.1 Å². The van der Waals surface area contributed by atoms with E-state index in [2.05, 4.69) is 63.1 Å². The van der Waals surface area contributed by atoms with Gasteiger partial charge in [0.15, 0.2) is 0 Å². The number of unbranched alkanes of at least 4 members (excludes halogenated alkanes) is 1. The van der Waals surface area contributed by atoms with Crippen molar-refractivity contribution in [3.8, 4) is 17.2 Å². The molecule has 5 aromatic rings. The lowest BCUT2D eigenvalue weighted by molar-refractivity contribution is -0.143. The van der Waals surface area contributed by atoms with Crippen molar-refractivity contribution in [1.82, 2.24) is 73.4 Å². The molecule has 0 spiro atoms. The third-order valence-electron chi connectivity index (χ3n) is 18.2. The normalized spacial score (nSPS) is 15.3. The number of carbonyl (C=O) groups excluding carboxylic acids is 12. The molecule has 1 aliphatic rings. The molecule has 1 aliphatic heterocycles. The van der Waals surface area contributed by atoms with E-state index < -0.39 is 194 Å². The molecule has 604 valence electrons. The fraction of sp³-hybridized carbons (Fsp3) is 0.432. The number of hydrogen-bond acceptors (Lipinski definition) is 22. The number of nitrogens with one attached hydrogen (secondary N) is 12. The molecule has 38 nitrogen and oxygen atoms in total. The number of aliphatic carboxylic acids is 3. The second-order valence-electron chi connectivity index (χ2n) is 26.8. The van der Waals surface area contributed by atoms with Crippen molar-refractivity contribution in [3.05, 3.63) is 144 Å². The van der Waals surface area contributed by atoms with Gasteiger partial charge < -0.3 is 116 Å². The van der Waals surface area contributed by atoms with Gasteiger partial charge in [-0.15, -0.1) is 0 Å². The number of aromatic nitrogens is 2. The minimum atomic E-state index is -2.02. The molecule has 0 bridgehead atoms. The second kappa shape index (κ2) is 44.2. The van der Waals surface area contributed by atoms with Gasteiger partial charge in [-0.1, -0.05) is 87.0 Å². The van der Waals surface area contributed by atoms with Crippen molar-refractivity contribution < 1.29 is 108 Å². The first kappa shape index (κ1) is 88.3. The summed E-state index contributed by atoms with van der Waals surface area (Å²) >= 11 is 0. The largest absolute Gasteiger partial charge is 0.508 e. The molecule has 12 amide bonds. The number of H-pyrrole nitrogens is 1. The number of aromatic hydroxyl groups is 3. The molecule has 38 heteroatoms. The number of nitrogens with zero attached hydrogens (tertiary/aromatic N) is 2. The minimum Gasteiger partial charge on any atom is -0.508 e. The fourth-order valence-corrected chi connectivity index (χ4v) is 11.9. The summed E-state index contributed by atoms with van der Waals surface area (Å²) in [5.41, 5.74) is 14.0. The number of imidazole rings is 1. The molecule has 6 rings (SSSR count). The third kappa shape index (κ3) is 28.8. The number of phenols is 3. The van der Waals surface area contributed by atoms with E-state index in [1.165, 1.54) is 90.2 Å². The maximum atomic E-state index is 15.0. The second-order valence-corrected chi connectivity index (χ2v) is 26.8. The van der Waals surface area contributed by atoms with Crippen LogP contribution in [-0.4, -0.2) is 239 Å². The molecule has 0 unspecified atom stereocenters. The number of aliphatic hydroxyl groups is 1. The molecule has 4 aromatic carbocycles. The third-order valence-corrected chi connectivity index (χ3v) is 18.2. The Labute approximate surface area is 642 Å². The number of amides is 12. The van der Waals surface area contributed by atoms with Gasteiger partial charge in [-0.2, -0.15) is 0 Å². The van der Waals surface area contributed by atoms with Gasteiger partial charge in [-0.25, -0.2) is 9.78 Å². The smallest absolute Gasteiger partial charge is 0.326 e. The van der Waals surface area contributed by atoms with Crippen molar-refractivity contribution in [2.45, 2.75) is 164 Å². The summed E-state index contributed by atoms with van der Waals surface area (Å²) in [6, 6.07) is 7.84. The van der Waals surface area contributed by atoms with Gasteiger partial charge >= 0.3 is 17.9 Å². The van der Waals surface area contributed by atoms with Crippen LogP contribution in [0.5, 0.6) is 17.2 Å². The number of nitrogens with two attached hydrogens (primary N) is 2. The molecule has 1 saturated heterocycles. The van der Waals surface area contributed by atoms with E-state index in [0.717, 1.165) is 0 Å². The molecule has 0 saturated carbocycles. The van der Waals surface area contributed by atoms with Crippen molar-refractivity contribution in [2.24, 2.45) is 17.4 Å². The van der Waals surface area contributed by atoms with Crippen molar-refractivity contribution >= 4 is 88.8 Å². The van der Waals surface area contributed by atoms with E-state index in [1.807, 2.05) is 5.32 Å². The van der Waals surface area contributed by atoms with E-state index in [0.29, 0.717) is 28.7 Å². The standard InChI is InChI=1S/C74H96N16O22/c1-3-40(2)63(72(109)88-51(29-43-16-22-47(93)23-17-43)65(102)78-36-59(95)81-56(74(111)112)31-41-10-5-4-6-11-41)89-69(106)53(32-45-35-77-39-80-45)87-71(108)58-13-9-27-90(58)73(110)50(12-7-8-26-75)83-67(104)52(30-44-18-24-48(94)25-19-44)85-70(107)57(38-91)82-60(96)37-79-66(103)54(33-61(97)98)86-68(105)55(34-62(99)100)84-64(101)49(76)28-42-14-20-46(92)21-15-42/h4-6,10-11,14-25,35,39-40,49-58,63,91-94H,3,7-9,12-13,26-34,36-38,75-76H2,1-2H3,(H,77,80)(H,78,102)(H,79,103)(H,81,95)(H,82,96)(H,83,104)(H,84,101)(H,85,107)(H,86,105)(H,87,108)(H,88,109)(H,89,106)(H,97,98)(H,99,100)(H,111,112)/t40-,49-,50-,51-,52-,53-,54-,55-,56-,57-,58-,63-/m0/s1. The molecule has 1 aromatic heterocycles. The highest BCUT2D eigenvalue weighted by Gasteiger charge is 2.42. The molecular formula is C74H96N16O22. The van der Waals surface area contributed by atoms with Crippen LogP contribution < -0.4 is 70.0 Å². The van der Waals surface area contributed by atoms with Gasteiger partial charge in [0.1, 0.15) is 77.7 Å². The number of carbonyl (C=O) groups is 15. The number of carboxylic acid groups (broad SMARTS) is 3. The predicted molar refractivity (Wildman–Crippen MR) is 396 cm³/mol. The van der Waals surface area contributed by atoms with E-state index in [4.69, 9.17) is 11.5 Å². The summed E-state index contributed by atoms with van der Waals surface area (Å²) < 4.78 is 0. The lowest BCUT2D eigenvalue weighted by Gasteiger charge is -2.31. The number of hydrogen-bond donors (Lipinski definition) is 21. The number of aromatic amines is 1. The lowest BCUT2D eigenvalue weighted by Crippen LogP contribution is -2.61. The monoisotopic (exact) mass is 1560 g/mol. The zero-order chi connectivity index (χ0) is 82.1. The Hall–Kier alpha value is -12.6. The highest BCUT2D eigenvalue weighted by Crippen LogP contribution is 2.23. The van der Waals surface area contributed by atoms with E-state index in [9.17, 15) is 108 Å². The van der Waals surface area contributed by atoms with Crippen LogP contribution in [0.3, 0.4) is 0 Å². The van der Waals surface area contributed by atoms with Crippen LogP contribution in [0, 0.1) is 5.92 Å². The summed E-state index contributed by atoms with van der Waals surface area (Å²) in [6.45, 7) is 0.580. The number of likely N-dealkylation sites (tertiary alicyclic amines) is 1. The van der Waals surface area contributed by atoms with Crippen LogP contribution in [0.1, 0.15) is 93.2 Å². The fourth-order valence-electron chi connectivity index (χ4n) is 11.9. The molecule has 0 aliphatic carbocycles. The first-order valence-corrected chi connectivity index (χ1v) is 36.0. The lowest BCUT2D eigenvalue weighted by atomic mass is 9.96. The Balaban J connectivity index is 1.14. The molecule has 2 heterocycles.